The van der Waals surface area contributed by atoms with Crippen LogP contribution in [0.25, 0.3) is 0 Å². The van der Waals surface area contributed by atoms with E-state index >= 15 is 0 Å². The number of rotatable bonds is 6. The van der Waals surface area contributed by atoms with E-state index in [4.69, 9.17) is 9.47 Å². The molecule has 2 saturated heterocycles. The van der Waals surface area contributed by atoms with Crippen LogP contribution in [0, 0.1) is 0 Å². The Morgan fingerprint density at radius 3 is 2.72 bits per heavy atom. The summed E-state index contributed by atoms with van der Waals surface area (Å²) in [6.07, 6.45) is 3.99. The first-order chi connectivity index (χ1) is 12.1. The largest absolute Gasteiger partial charge is 0.491 e. The minimum absolute atomic E-state index is 0.0367. The smallest absolute Gasteiger partial charge is 0.243 e. The van der Waals surface area contributed by atoms with Gasteiger partial charge in [0, 0.05) is 26.6 Å². The van der Waals surface area contributed by atoms with Crippen molar-refractivity contribution in [2.75, 3.05) is 19.8 Å². The molecule has 136 valence electrons. The lowest BCUT2D eigenvalue weighted by molar-refractivity contribution is -0.136. The minimum Gasteiger partial charge on any atom is -0.491 e. The predicted molar refractivity (Wildman–Crippen MR) is 93.2 cm³/mol. The molecule has 0 unspecified atom stereocenters. The molecule has 25 heavy (non-hydrogen) atoms. The lowest BCUT2D eigenvalue weighted by Gasteiger charge is -2.22. The van der Waals surface area contributed by atoms with E-state index in [2.05, 4.69) is 5.32 Å². The molecule has 1 N–H and O–H groups in total. The highest BCUT2D eigenvalue weighted by Gasteiger charge is 2.31. The molecule has 6 nitrogen and oxygen atoms in total. The van der Waals surface area contributed by atoms with E-state index in [-0.39, 0.29) is 24.0 Å². The van der Waals surface area contributed by atoms with Crippen LogP contribution in [0.3, 0.4) is 0 Å². The van der Waals surface area contributed by atoms with Crippen molar-refractivity contribution in [2.45, 2.75) is 51.3 Å². The standard InChI is InChI=1S/C19H26N2O4/c1-14(22)21-10-2-5-18(21)19(23)20-12-15-6-8-16(9-7-15)25-13-17-4-3-11-24-17/h6-9,17-18H,2-5,10-13H2,1H3,(H,20,23)/t17-,18+/m0/s1. The van der Waals surface area contributed by atoms with Gasteiger partial charge in [-0.3, -0.25) is 9.59 Å². The number of nitrogens with one attached hydrogen (secondary N) is 1. The molecule has 3 rings (SSSR count). The molecule has 2 amide bonds. The molecule has 0 spiro atoms. The molecule has 2 fully saturated rings. The van der Waals surface area contributed by atoms with Crippen LogP contribution < -0.4 is 10.1 Å². The number of nitrogens with zero attached hydrogens (tertiary/aromatic N) is 1. The van der Waals surface area contributed by atoms with Crippen molar-refractivity contribution in [3.8, 4) is 5.75 Å². The molecule has 1 aromatic carbocycles. The number of likely N-dealkylation sites (tertiary alicyclic amines) is 1. The Bertz CT molecular complexity index is 596. The summed E-state index contributed by atoms with van der Waals surface area (Å²) in [6.45, 7) is 4.05. The molecule has 1 aromatic rings. The number of carbonyl (C=O) groups excluding carboxylic acids is 2. The topological polar surface area (TPSA) is 67.9 Å². The second-order valence-corrected chi connectivity index (χ2v) is 6.68. The van der Waals surface area contributed by atoms with E-state index in [1.807, 2.05) is 24.3 Å². The van der Waals surface area contributed by atoms with Gasteiger partial charge in [0.2, 0.25) is 11.8 Å². The zero-order chi connectivity index (χ0) is 17.6. The third-order valence-electron chi connectivity index (χ3n) is 4.81. The van der Waals surface area contributed by atoms with Gasteiger partial charge in [0.25, 0.3) is 0 Å². The van der Waals surface area contributed by atoms with E-state index in [0.717, 1.165) is 43.6 Å². The SMILES string of the molecule is CC(=O)N1CCC[C@@H]1C(=O)NCc1ccc(OC[C@@H]2CCCO2)cc1. The third kappa shape index (κ3) is 4.72. The summed E-state index contributed by atoms with van der Waals surface area (Å²) < 4.78 is 11.3. The fourth-order valence-electron chi connectivity index (χ4n) is 3.39. The van der Waals surface area contributed by atoms with Crippen LogP contribution in [0.4, 0.5) is 0 Å². The molecular weight excluding hydrogens is 320 g/mol. The number of amides is 2. The third-order valence-corrected chi connectivity index (χ3v) is 4.81. The Hall–Kier alpha value is -2.08. The van der Waals surface area contributed by atoms with Crippen molar-refractivity contribution >= 4 is 11.8 Å². The fraction of sp³-hybridized carbons (Fsp3) is 0.579. The normalized spacial score (nSPS) is 22.8. The van der Waals surface area contributed by atoms with Gasteiger partial charge in [0.1, 0.15) is 18.4 Å². The Balaban J connectivity index is 1.45. The molecule has 0 saturated carbocycles. The van der Waals surface area contributed by atoms with Gasteiger partial charge in [-0.25, -0.2) is 0 Å². The van der Waals surface area contributed by atoms with E-state index in [9.17, 15) is 9.59 Å². The molecule has 6 heteroatoms. The molecule has 0 radical (unpaired) electrons. The molecule has 2 aliphatic rings. The lowest BCUT2D eigenvalue weighted by atomic mass is 10.2. The Morgan fingerprint density at radius 1 is 1.24 bits per heavy atom. The first kappa shape index (κ1) is 17.7. The summed E-state index contributed by atoms with van der Waals surface area (Å²) in [4.78, 5) is 25.5. The van der Waals surface area contributed by atoms with Gasteiger partial charge >= 0.3 is 0 Å². The van der Waals surface area contributed by atoms with Gasteiger partial charge < -0.3 is 19.7 Å². The number of hydrogen-bond acceptors (Lipinski definition) is 4. The van der Waals surface area contributed by atoms with Gasteiger partial charge in [-0.15, -0.1) is 0 Å². The van der Waals surface area contributed by atoms with Gasteiger partial charge in [0.05, 0.1) is 6.10 Å². The zero-order valence-corrected chi connectivity index (χ0v) is 14.7. The minimum atomic E-state index is -0.327. The van der Waals surface area contributed by atoms with Crippen LogP contribution in [-0.2, 0) is 20.9 Å². The zero-order valence-electron chi connectivity index (χ0n) is 14.7. The van der Waals surface area contributed by atoms with Crippen molar-refractivity contribution in [3.05, 3.63) is 29.8 Å². The second kappa shape index (κ2) is 8.34. The Kier molecular flexibility index (Phi) is 5.91. The van der Waals surface area contributed by atoms with Crippen LogP contribution in [0.15, 0.2) is 24.3 Å². The highest BCUT2D eigenvalue weighted by molar-refractivity contribution is 5.87. The molecule has 2 heterocycles. The fourth-order valence-corrected chi connectivity index (χ4v) is 3.39. The maximum absolute atomic E-state index is 12.3. The van der Waals surface area contributed by atoms with E-state index in [0.29, 0.717) is 19.7 Å². The van der Waals surface area contributed by atoms with Gasteiger partial charge in [0.15, 0.2) is 0 Å². The van der Waals surface area contributed by atoms with Crippen LogP contribution in [0.1, 0.15) is 38.2 Å². The maximum atomic E-state index is 12.3. The lowest BCUT2D eigenvalue weighted by Crippen LogP contribution is -2.44. The quantitative estimate of drug-likeness (QED) is 0.854. The summed E-state index contributed by atoms with van der Waals surface area (Å²) in [5.41, 5.74) is 1.00. The van der Waals surface area contributed by atoms with Crippen molar-refractivity contribution in [3.63, 3.8) is 0 Å². The highest BCUT2D eigenvalue weighted by atomic mass is 16.5. The average Bonchev–Trinajstić information content (AvgIpc) is 3.30. The summed E-state index contributed by atoms with van der Waals surface area (Å²) in [5, 5.41) is 2.93. The van der Waals surface area contributed by atoms with E-state index < -0.39 is 0 Å². The molecule has 0 aromatic heterocycles. The predicted octanol–water partition coefficient (Wildman–Crippen LogP) is 1.87. The number of benzene rings is 1. The molecule has 2 aliphatic heterocycles. The van der Waals surface area contributed by atoms with Crippen LogP contribution in [0.2, 0.25) is 0 Å². The molecule has 0 aliphatic carbocycles. The van der Waals surface area contributed by atoms with Gasteiger partial charge in [-0.2, -0.15) is 0 Å². The summed E-state index contributed by atoms with van der Waals surface area (Å²) in [5.74, 6) is 0.695. The van der Waals surface area contributed by atoms with Crippen molar-refractivity contribution in [2.24, 2.45) is 0 Å². The average molecular weight is 346 g/mol. The van der Waals surface area contributed by atoms with E-state index in [1.165, 1.54) is 6.92 Å². The van der Waals surface area contributed by atoms with Crippen LogP contribution >= 0.6 is 0 Å². The number of carbonyl (C=O) groups is 2. The second-order valence-electron chi connectivity index (χ2n) is 6.68. The van der Waals surface area contributed by atoms with Crippen LogP contribution in [0.5, 0.6) is 5.75 Å². The molecule has 0 bridgehead atoms. The van der Waals surface area contributed by atoms with Crippen molar-refractivity contribution in [1.29, 1.82) is 0 Å². The van der Waals surface area contributed by atoms with Gasteiger partial charge in [-0.05, 0) is 43.4 Å². The highest BCUT2D eigenvalue weighted by Crippen LogP contribution is 2.18. The first-order valence-corrected chi connectivity index (χ1v) is 9.02. The number of ether oxygens (including phenoxy) is 2. The summed E-state index contributed by atoms with van der Waals surface area (Å²) in [7, 11) is 0. The Morgan fingerprint density at radius 2 is 2.04 bits per heavy atom. The van der Waals surface area contributed by atoms with Gasteiger partial charge in [-0.1, -0.05) is 12.1 Å². The maximum Gasteiger partial charge on any atom is 0.243 e. The molecular formula is C19H26N2O4. The molecule has 2 atom stereocenters. The number of hydrogen-bond donors (Lipinski definition) is 1. The van der Waals surface area contributed by atoms with Crippen molar-refractivity contribution in [1.82, 2.24) is 10.2 Å². The van der Waals surface area contributed by atoms with Crippen molar-refractivity contribution < 1.29 is 19.1 Å². The summed E-state index contributed by atoms with van der Waals surface area (Å²) in [6, 6.07) is 7.39. The summed E-state index contributed by atoms with van der Waals surface area (Å²) >= 11 is 0. The van der Waals surface area contributed by atoms with Crippen LogP contribution in [-0.4, -0.2) is 48.6 Å². The first-order valence-electron chi connectivity index (χ1n) is 9.02. The van der Waals surface area contributed by atoms with E-state index in [1.54, 1.807) is 4.90 Å². The Labute approximate surface area is 148 Å². The monoisotopic (exact) mass is 346 g/mol.